The highest BCUT2D eigenvalue weighted by Crippen LogP contribution is 2.29. The van der Waals surface area contributed by atoms with Crippen LogP contribution in [0.2, 0.25) is 0 Å². The van der Waals surface area contributed by atoms with Crippen LogP contribution in [0.25, 0.3) is 0 Å². The summed E-state index contributed by atoms with van der Waals surface area (Å²) in [5.74, 6) is 0.878. The fourth-order valence-corrected chi connectivity index (χ4v) is 3.67. The Morgan fingerprint density at radius 1 is 1.25 bits per heavy atom. The lowest BCUT2D eigenvalue weighted by Gasteiger charge is -2.43. The molecule has 4 unspecified atom stereocenters. The third-order valence-corrected chi connectivity index (χ3v) is 4.78. The van der Waals surface area contributed by atoms with Crippen LogP contribution in [-0.2, 0) is 0 Å². The molecule has 4 atom stereocenters. The van der Waals surface area contributed by atoms with E-state index in [1.165, 1.54) is 24.9 Å². The molecule has 0 spiro atoms. The van der Waals surface area contributed by atoms with Crippen LogP contribution in [0.15, 0.2) is 30.3 Å². The molecule has 112 valence electrons. The van der Waals surface area contributed by atoms with E-state index in [0.717, 1.165) is 12.5 Å². The Morgan fingerprint density at radius 3 is 2.55 bits per heavy atom. The summed E-state index contributed by atoms with van der Waals surface area (Å²) in [6, 6.07) is 12.6. The normalized spacial score (nSPS) is 27.2. The quantitative estimate of drug-likeness (QED) is 0.877. The van der Waals surface area contributed by atoms with Crippen molar-refractivity contribution < 1.29 is 0 Å². The number of hydrogen-bond acceptors (Lipinski definition) is 2. The Morgan fingerprint density at radius 2 is 1.95 bits per heavy atom. The Balaban J connectivity index is 2.12. The second kappa shape index (κ2) is 7.24. The number of rotatable bonds is 5. The summed E-state index contributed by atoms with van der Waals surface area (Å²) < 4.78 is 0. The number of likely N-dealkylation sites (tertiary alicyclic amines) is 1. The molecule has 1 aromatic carbocycles. The highest BCUT2D eigenvalue weighted by atomic mass is 15.2. The van der Waals surface area contributed by atoms with Crippen molar-refractivity contribution in [3.63, 3.8) is 0 Å². The molecule has 0 amide bonds. The molecular formula is C18H30N2. The second-order valence-corrected chi connectivity index (χ2v) is 6.40. The van der Waals surface area contributed by atoms with Gasteiger partial charge in [0.2, 0.25) is 0 Å². The van der Waals surface area contributed by atoms with Gasteiger partial charge in [0, 0.05) is 18.1 Å². The summed E-state index contributed by atoms with van der Waals surface area (Å²) in [7, 11) is 0. The van der Waals surface area contributed by atoms with Gasteiger partial charge in [-0.3, -0.25) is 4.90 Å². The van der Waals surface area contributed by atoms with Gasteiger partial charge in [0.25, 0.3) is 0 Å². The number of piperidine rings is 1. The zero-order chi connectivity index (χ0) is 14.5. The van der Waals surface area contributed by atoms with E-state index in [4.69, 9.17) is 0 Å². The van der Waals surface area contributed by atoms with Crippen LogP contribution in [0.1, 0.15) is 52.1 Å². The first-order valence-corrected chi connectivity index (χ1v) is 8.17. The molecule has 0 aromatic heterocycles. The third kappa shape index (κ3) is 3.62. The predicted molar refractivity (Wildman–Crippen MR) is 86.9 cm³/mol. The molecule has 2 nitrogen and oxygen atoms in total. The zero-order valence-electron chi connectivity index (χ0n) is 13.5. The van der Waals surface area contributed by atoms with E-state index in [2.05, 4.69) is 68.2 Å². The van der Waals surface area contributed by atoms with Crippen LogP contribution in [-0.4, -0.2) is 30.1 Å². The summed E-state index contributed by atoms with van der Waals surface area (Å²) in [4.78, 5) is 2.69. The van der Waals surface area contributed by atoms with Crippen molar-refractivity contribution >= 4 is 0 Å². The van der Waals surface area contributed by atoms with Gasteiger partial charge in [0.15, 0.2) is 0 Å². The summed E-state index contributed by atoms with van der Waals surface area (Å²) in [5.41, 5.74) is 1.41. The summed E-state index contributed by atoms with van der Waals surface area (Å²) in [5, 5.41) is 3.69. The Labute approximate surface area is 124 Å². The Bertz CT molecular complexity index is 390. The molecule has 2 heteroatoms. The molecule has 1 N–H and O–H groups in total. The topological polar surface area (TPSA) is 15.3 Å². The van der Waals surface area contributed by atoms with Gasteiger partial charge in [-0.05, 0) is 51.3 Å². The summed E-state index contributed by atoms with van der Waals surface area (Å²) in [6.07, 6.45) is 2.67. The Kier molecular flexibility index (Phi) is 5.62. The molecular weight excluding hydrogens is 244 g/mol. The van der Waals surface area contributed by atoms with Crippen LogP contribution in [0, 0.1) is 5.92 Å². The highest BCUT2D eigenvalue weighted by molar-refractivity contribution is 5.20. The monoisotopic (exact) mass is 274 g/mol. The number of benzene rings is 1. The minimum atomic E-state index is 0.428. The van der Waals surface area contributed by atoms with Gasteiger partial charge in [-0.2, -0.15) is 0 Å². The molecule has 1 saturated heterocycles. The second-order valence-electron chi connectivity index (χ2n) is 6.40. The summed E-state index contributed by atoms with van der Waals surface area (Å²) in [6.45, 7) is 11.6. The number of hydrogen-bond donors (Lipinski definition) is 1. The van der Waals surface area contributed by atoms with E-state index in [1.54, 1.807) is 0 Å². The first-order valence-electron chi connectivity index (χ1n) is 8.17. The van der Waals surface area contributed by atoms with Crippen molar-refractivity contribution in [1.82, 2.24) is 10.2 Å². The van der Waals surface area contributed by atoms with E-state index < -0.39 is 0 Å². The number of nitrogens with one attached hydrogen (secondary N) is 1. The lowest BCUT2D eigenvalue weighted by molar-refractivity contribution is 0.0702. The molecule has 1 heterocycles. The van der Waals surface area contributed by atoms with Gasteiger partial charge in [0.1, 0.15) is 0 Å². The van der Waals surface area contributed by atoms with Crippen LogP contribution >= 0.6 is 0 Å². The maximum atomic E-state index is 3.69. The van der Waals surface area contributed by atoms with Crippen molar-refractivity contribution in [1.29, 1.82) is 0 Å². The minimum absolute atomic E-state index is 0.428. The van der Waals surface area contributed by atoms with E-state index in [1.807, 2.05) is 0 Å². The largest absolute Gasteiger partial charge is 0.309 e. The van der Waals surface area contributed by atoms with Crippen molar-refractivity contribution in [2.45, 2.75) is 58.7 Å². The number of likely N-dealkylation sites (N-methyl/N-ethyl adjacent to an activating group) is 1. The van der Waals surface area contributed by atoms with Crippen molar-refractivity contribution in [3.05, 3.63) is 35.9 Å². The molecule has 1 aliphatic heterocycles. The molecule has 1 fully saturated rings. The number of nitrogens with zero attached hydrogens (tertiary/aromatic N) is 1. The average molecular weight is 274 g/mol. The lowest BCUT2D eigenvalue weighted by atomic mass is 9.89. The SMILES string of the molecule is CCNC(c1ccccc1)C(C)N1CCC(C)CC1C. The minimum Gasteiger partial charge on any atom is -0.309 e. The average Bonchev–Trinajstić information content (AvgIpc) is 2.45. The van der Waals surface area contributed by atoms with Gasteiger partial charge in [-0.1, -0.05) is 44.2 Å². The molecule has 0 saturated carbocycles. The van der Waals surface area contributed by atoms with Gasteiger partial charge < -0.3 is 5.32 Å². The molecule has 0 aliphatic carbocycles. The van der Waals surface area contributed by atoms with Crippen LogP contribution < -0.4 is 5.32 Å². The van der Waals surface area contributed by atoms with Gasteiger partial charge in [-0.15, -0.1) is 0 Å². The first-order chi connectivity index (χ1) is 9.63. The third-order valence-electron chi connectivity index (χ3n) is 4.78. The maximum absolute atomic E-state index is 3.69. The smallest absolute Gasteiger partial charge is 0.0475 e. The molecule has 1 aromatic rings. The molecule has 20 heavy (non-hydrogen) atoms. The highest BCUT2D eigenvalue weighted by Gasteiger charge is 2.31. The van der Waals surface area contributed by atoms with Gasteiger partial charge in [-0.25, -0.2) is 0 Å². The predicted octanol–water partition coefficient (Wildman–Crippen LogP) is 3.85. The zero-order valence-corrected chi connectivity index (χ0v) is 13.5. The van der Waals surface area contributed by atoms with Gasteiger partial charge >= 0.3 is 0 Å². The fourth-order valence-electron chi connectivity index (χ4n) is 3.67. The standard InChI is InChI=1S/C18H30N2/c1-5-19-18(17-9-7-6-8-10-17)16(4)20-12-11-14(2)13-15(20)3/h6-10,14-16,18-19H,5,11-13H2,1-4H3. The van der Waals surface area contributed by atoms with E-state index in [9.17, 15) is 0 Å². The molecule has 0 bridgehead atoms. The van der Waals surface area contributed by atoms with Crippen LogP contribution in [0.5, 0.6) is 0 Å². The van der Waals surface area contributed by atoms with Crippen LogP contribution in [0.4, 0.5) is 0 Å². The fraction of sp³-hybridized carbons (Fsp3) is 0.667. The van der Waals surface area contributed by atoms with Crippen LogP contribution in [0.3, 0.4) is 0 Å². The maximum Gasteiger partial charge on any atom is 0.0475 e. The van der Waals surface area contributed by atoms with Crippen molar-refractivity contribution in [2.24, 2.45) is 5.92 Å². The lowest BCUT2D eigenvalue weighted by Crippen LogP contribution is -2.50. The summed E-state index contributed by atoms with van der Waals surface area (Å²) >= 11 is 0. The molecule has 0 radical (unpaired) electrons. The van der Waals surface area contributed by atoms with Crippen molar-refractivity contribution in [3.8, 4) is 0 Å². The van der Waals surface area contributed by atoms with E-state index >= 15 is 0 Å². The molecule has 2 rings (SSSR count). The molecule has 1 aliphatic rings. The first kappa shape index (κ1) is 15.5. The van der Waals surface area contributed by atoms with E-state index in [-0.39, 0.29) is 0 Å². The van der Waals surface area contributed by atoms with Gasteiger partial charge in [0.05, 0.1) is 0 Å². The Hall–Kier alpha value is -0.860. The van der Waals surface area contributed by atoms with E-state index in [0.29, 0.717) is 18.1 Å². The van der Waals surface area contributed by atoms with Crippen molar-refractivity contribution in [2.75, 3.05) is 13.1 Å².